The maximum absolute atomic E-state index is 11.9. The van der Waals surface area contributed by atoms with Crippen LogP contribution in [0.25, 0.3) is 0 Å². The van der Waals surface area contributed by atoms with Crippen molar-refractivity contribution in [3.63, 3.8) is 0 Å². The lowest BCUT2D eigenvalue weighted by atomic mass is 10.3. The van der Waals surface area contributed by atoms with Crippen LogP contribution in [0.4, 0.5) is 0 Å². The molecule has 0 unspecified atom stereocenters. The highest BCUT2D eigenvalue weighted by molar-refractivity contribution is 5.93. The number of rotatable bonds is 5. The number of nitrogens with zero attached hydrogens (tertiary/aromatic N) is 1. The molecule has 0 aliphatic heterocycles. The number of furan rings is 1. The maximum atomic E-state index is 11.9. The van der Waals surface area contributed by atoms with Crippen molar-refractivity contribution in [1.29, 1.82) is 0 Å². The average molecular weight is 298 g/mol. The van der Waals surface area contributed by atoms with Gasteiger partial charge in [0.15, 0.2) is 5.76 Å². The van der Waals surface area contributed by atoms with Gasteiger partial charge in [-0.2, -0.15) is 5.10 Å². The van der Waals surface area contributed by atoms with Gasteiger partial charge in [0.05, 0.1) is 0 Å². The number of carbonyl (C=O) groups is 1. The molecule has 1 amide bonds. The third-order valence-corrected chi connectivity index (χ3v) is 3.51. The number of hydrogen-bond acceptors (Lipinski definition) is 4. The second-order valence-electron chi connectivity index (χ2n) is 5.19. The van der Waals surface area contributed by atoms with E-state index in [2.05, 4.69) is 10.5 Å². The molecule has 1 aliphatic carbocycles. The molecule has 2 aromatic rings. The van der Waals surface area contributed by atoms with Crippen LogP contribution in [0.5, 0.6) is 5.75 Å². The number of hydrogen-bond donors (Lipinski definition) is 1. The first-order valence-electron chi connectivity index (χ1n) is 7.43. The van der Waals surface area contributed by atoms with Crippen LogP contribution in [0.2, 0.25) is 0 Å². The Morgan fingerprint density at radius 2 is 1.91 bits per heavy atom. The van der Waals surface area contributed by atoms with Crippen LogP contribution in [0.15, 0.2) is 52.0 Å². The minimum absolute atomic E-state index is 0.244. The van der Waals surface area contributed by atoms with Crippen LogP contribution in [0.3, 0.4) is 0 Å². The quantitative estimate of drug-likeness (QED) is 0.859. The molecular formula is C17H18N2O3. The molecule has 0 spiro atoms. The highest BCUT2D eigenvalue weighted by Crippen LogP contribution is 2.15. The molecule has 1 heterocycles. The van der Waals surface area contributed by atoms with Crippen molar-refractivity contribution in [1.82, 2.24) is 5.43 Å². The number of ether oxygens (including phenoxy) is 1. The zero-order valence-corrected chi connectivity index (χ0v) is 12.2. The number of carbonyl (C=O) groups excluding carboxylic acids is 1. The van der Waals surface area contributed by atoms with Gasteiger partial charge in [0, 0.05) is 5.71 Å². The van der Waals surface area contributed by atoms with E-state index in [1.54, 1.807) is 12.1 Å². The van der Waals surface area contributed by atoms with Gasteiger partial charge in [-0.3, -0.25) is 4.79 Å². The van der Waals surface area contributed by atoms with Gasteiger partial charge in [0.1, 0.15) is 18.1 Å². The molecule has 3 rings (SSSR count). The van der Waals surface area contributed by atoms with Crippen molar-refractivity contribution in [2.75, 3.05) is 0 Å². The second kappa shape index (κ2) is 6.93. The molecule has 5 nitrogen and oxygen atoms in total. The molecule has 1 aromatic carbocycles. The van der Waals surface area contributed by atoms with Crippen LogP contribution in [0.1, 0.15) is 42.0 Å². The number of benzene rings is 1. The lowest BCUT2D eigenvalue weighted by molar-refractivity contribution is 0.0923. The summed E-state index contributed by atoms with van der Waals surface area (Å²) in [7, 11) is 0. The summed E-state index contributed by atoms with van der Waals surface area (Å²) in [6.07, 6.45) is 4.23. The van der Waals surface area contributed by atoms with Gasteiger partial charge < -0.3 is 9.15 Å². The number of nitrogens with one attached hydrogen (secondary N) is 1. The summed E-state index contributed by atoms with van der Waals surface area (Å²) in [6, 6.07) is 12.8. The predicted molar refractivity (Wildman–Crippen MR) is 82.9 cm³/mol. The van der Waals surface area contributed by atoms with Gasteiger partial charge in [-0.15, -0.1) is 0 Å². The molecule has 5 heteroatoms. The molecular weight excluding hydrogens is 280 g/mol. The van der Waals surface area contributed by atoms with Gasteiger partial charge in [0.25, 0.3) is 0 Å². The van der Waals surface area contributed by atoms with Crippen LogP contribution in [0, 0.1) is 0 Å². The number of amides is 1. The maximum Gasteiger partial charge on any atom is 0.307 e. The van der Waals surface area contributed by atoms with E-state index in [0.29, 0.717) is 5.76 Å². The summed E-state index contributed by atoms with van der Waals surface area (Å²) < 4.78 is 11.0. The molecule has 22 heavy (non-hydrogen) atoms. The highest BCUT2D eigenvalue weighted by atomic mass is 16.5. The normalized spacial score (nSPS) is 13.9. The summed E-state index contributed by atoms with van der Waals surface area (Å²) in [4.78, 5) is 11.9. The third kappa shape index (κ3) is 3.75. The first-order valence-corrected chi connectivity index (χ1v) is 7.43. The Morgan fingerprint density at radius 1 is 1.14 bits per heavy atom. The standard InChI is InChI=1S/C17H18N2O3/c20-17(19-18-13-6-4-5-7-13)16-11-10-15(22-16)12-21-14-8-2-1-3-9-14/h1-3,8-11H,4-7,12H2,(H,19,20). The number of hydrazone groups is 1. The Hall–Kier alpha value is -2.56. The first kappa shape index (κ1) is 14.4. The molecule has 1 N–H and O–H groups in total. The Kier molecular flexibility index (Phi) is 4.53. The van der Waals surface area contributed by atoms with Crippen molar-refractivity contribution in [3.05, 3.63) is 54.0 Å². The van der Waals surface area contributed by atoms with E-state index in [1.165, 1.54) is 0 Å². The van der Waals surface area contributed by atoms with Crippen molar-refractivity contribution >= 4 is 11.6 Å². The van der Waals surface area contributed by atoms with E-state index < -0.39 is 0 Å². The predicted octanol–water partition coefficient (Wildman–Crippen LogP) is 3.52. The first-order chi connectivity index (χ1) is 10.8. The van der Waals surface area contributed by atoms with E-state index in [4.69, 9.17) is 9.15 Å². The second-order valence-corrected chi connectivity index (χ2v) is 5.19. The van der Waals surface area contributed by atoms with Crippen LogP contribution >= 0.6 is 0 Å². The topological polar surface area (TPSA) is 63.8 Å². The fourth-order valence-electron chi connectivity index (χ4n) is 2.33. The summed E-state index contributed by atoms with van der Waals surface area (Å²) in [5.41, 5.74) is 3.59. The zero-order valence-electron chi connectivity index (χ0n) is 12.2. The van der Waals surface area contributed by atoms with Crippen molar-refractivity contribution in [2.24, 2.45) is 5.10 Å². The van der Waals surface area contributed by atoms with E-state index >= 15 is 0 Å². The minimum Gasteiger partial charge on any atom is -0.486 e. The highest BCUT2D eigenvalue weighted by Gasteiger charge is 2.13. The minimum atomic E-state index is -0.328. The molecule has 1 saturated carbocycles. The molecule has 1 fully saturated rings. The van der Waals surface area contributed by atoms with E-state index in [0.717, 1.165) is 37.1 Å². The van der Waals surface area contributed by atoms with Crippen LogP contribution in [-0.2, 0) is 6.61 Å². The van der Waals surface area contributed by atoms with Crippen LogP contribution < -0.4 is 10.2 Å². The molecule has 0 saturated heterocycles. The monoisotopic (exact) mass is 298 g/mol. The van der Waals surface area contributed by atoms with Gasteiger partial charge >= 0.3 is 5.91 Å². The zero-order chi connectivity index (χ0) is 15.2. The van der Waals surface area contributed by atoms with E-state index in [-0.39, 0.29) is 18.3 Å². The van der Waals surface area contributed by atoms with Gasteiger partial charge in [-0.25, -0.2) is 5.43 Å². The summed E-state index contributed by atoms with van der Waals surface area (Å²) in [6.45, 7) is 0.284. The average Bonchev–Trinajstić information content (AvgIpc) is 3.23. The van der Waals surface area contributed by atoms with Gasteiger partial charge in [-0.05, 0) is 49.9 Å². The SMILES string of the molecule is O=C(NN=C1CCCC1)c1ccc(COc2ccccc2)o1. The lowest BCUT2D eigenvalue weighted by Gasteiger charge is -2.03. The summed E-state index contributed by atoms with van der Waals surface area (Å²) in [5.74, 6) is 1.28. The van der Waals surface area contributed by atoms with Gasteiger partial charge in [-0.1, -0.05) is 18.2 Å². The van der Waals surface area contributed by atoms with Crippen molar-refractivity contribution in [3.8, 4) is 5.75 Å². The Morgan fingerprint density at radius 3 is 2.68 bits per heavy atom. The molecule has 0 radical (unpaired) electrons. The third-order valence-electron chi connectivity index (χ3n) is 3.51. The fourth-order valence-corrected chi connectivity index (χ4v) is 2.33. The van der Waals surface area contributed by atoms with Crippen molar-refractivity contribution in [2.45, 2.75) is 32.3 Å². The number of para-hydroxylation sites is 1. The largest absolute Gasteiger partial charge is 0.486 e. The fraction of sp³-hybridized carbons (Fsp3) is 0.294. The van der Waals surface area contributed by atoms with Crippen LogP contribution in [-0.4, -0.2) is 11.6 Å². The Balaban J connectivity index is 1.54. The molecule has 1 aromatic heterocycles. The van der Waals surface area contributed by atoms with E-state index in [9.17, 15) is 4.79 Å². The lowest BCUT2D eigenvalue weighted by Crippen LogP contribution is -2.18. The van der Waals surface area contributed by atoms with E-state index in [1.807, 2.05) is 30.3 Å². The molecule has 0 bridgehead atoms. The van der Waals surface area contributed by atoms with Gasteiger partial charge in [0.2, 0.25) is 0 Å². The smallest absolute Gasteiger partial charge is 0.307 e. The van der Waals surface area contributed by atoms with Crippen molar-refractivity contribution < 1.29 is 13.9 Å². The molecule has 1 aliphatic rings. The molecule has 114 valence electrons. The molecule has 0 atom stereocenters. The Bertz CT molecular complexity index is 654. The Labute approximate surface area is 129 Å². The summed E-state index contributed by atoms with van der Waals surface area (Å²) >= 11 is 0. The summed E-state index contributed by atoms with van der Waals surface area (Å²) in [5, 5.41) is 4.13.